The first kappa shape index (κ1) is 16.1. The molecule has 0 fully saturated rings. The van der Waals surface area contributed by atoms with Crippen LogP contribution in [-0.2, 0) is 20.9 Å². The Hall–Kier alpha value is -2.80. The van der Waals surface area contributed by atoms with Gasteiger partial charge in [-0.3, -0.25) is 4.79 Å². The van der Waals surface area contributed by atoms with Gasteiger partial charge in [0.15, 0.2) is 18.1 Å². The second-order valence-corrected chi connectivity index (χ2v) is 5.94. The Kier molecular flexibility index (Phi) is 5.12. The largest absolute Gasteiger partial charge is 0.454 e. The van der Waals surface area contributed by atoms with Crippen molar-refractivity contribution in [1.29, 1.82) is 0 Å². The summed E-state index contributed by atoms with van der Waals surface area (Å²) in [6.45, 7) is 0.321. The quantitative estimate of drug-likeness (QED) is 0.643. The molecule has 24 heavy (non-hydrogen) atoms. The van der Waals surface area contributed by atoms with Crippen LogP contribution >= 0.6 is 11.3 Å². The molecule has 1 aliphatic rings. The number of nitrogens with one attached hydrogen (secondary N) is 1. The molecule has 6 nitrogen and oxygen atoms in total. The van der Waals surface area contributed by atoms with Crippen LogP contribution in [-0.4, -0.2) is 25.3 Å². The van der Waals surface area contributed by atoms with Gasteiger partial charge in [0, 0.05) is 11.0 Å². The van der Waals surface area contributed by atoms with Gasteiger partial charge < -0.3 is 19.5 Å². The average Bonchev–Trinajstić information content (AvgIpc) is 3.26. The van der Waals surface area contributed by atoms with Crippen molar-refractivity contribution in [1.82, 2.24) is 5.32 Å². The maximum Gasteiger partial charge on any atom is 0.331 e. The Bertz CT molecular complexity index is 754. The summed E-state index contributed by atoms with van der Waals surface area (Å²) in [4.78, 5) is 24.3. The zero-order valence-electron chi connectivity index (χ0n) is 12.7. The molecule has 1 N–H and O–H groups in total. The molecule has 0 bridgehead atoms. The second-order valence-electron chi connectivity index (χ2n) is 4.91. The van der Waals surface area contributed by atoms with Gasteiger partial charge in [0.05, 0.1) is 6.54 Å². The Morgan fingerprint density at radius 1 is 1.25 bits per heavy atom. The Morgan fingerprint density at radius 3 is 2.96 bits per heavy atom. The van der Waals surface area contributed by atoms with Gasteiger partial charge in [-0.1, -0.05) is 12.1 Å². The fraction of sp³-hybridized carbons (Fsp3) is 0.176. The van der Waals surface area contributed by atoms with Crippen LogP contribution in [0.15, 0.2) is 41.8 Å². The fourth-order valence-electron chi connectivity index (χ4n) is 2.02. The number of fused-ring (bicyclic) bond motifs is 1. The second kappa shape index (κ2) is 7.65. The molecule has 0 aliphatic carbocycles. The van der Waals surface area contributed by atoms with Crippen molar-refractivity contribution in [2.24, 2.45) is 0 Å². The molecule has 0 radical (unpaired) electrons. The number of thiophene rings is 1. The molecule has 0 saturated carbocycles. The molecule has 1 aromatic heterocycles. The SMILES string of the molecule is O=C(COC(=O)/C=C\c1ccc2c(c1)OCO2)NCc1cccs1. The third kappa shape index (κ3) is 4.36. The molecule has 3 rings (SSSR count). The summed E-state index contributed by atoms with van der Waals surface area (Å²) in [7, 11) is 0. The number of ether oxygens (including phenoxy) is 3. The third-order valence-electron chi connectivity index (χ3n) is 3.19. The summed E-state index contributed by atoms with van der Waals surface area (Å²) in [6, 6.07) is 9.16. The van der Waals surface area contributed by atoms with Crippen molar-refractivity contribution in [3.63, 3.8) is 0 Å². The molecule has 0 spiro atoms. The fourth-order valence-corrected chi connectivity index (χ4v) is 2.66. The molecule has 0 atom stereocenters. The molecule has 1 aromatic carbocycles. The summed E-state index contributed by atoms with van der Waals surface area (Å²) in [5.74, 6) is 0.391. The zero-order chi connectivity index (χ0) is 16.8. The number of carbonyl (C=O) groups is 2. The number of esters is 1. The number of benzene rings is 1. The first-order valence-corrected chi connectivity index (χ1v) is 8.12. The molecule has 124 valence electrons. The highest BCUT2D eigenvalue weighted by Gasteiger charge is 2.12. The van der Waals surface area contributed by atoms with Gasteiger partial charge in [-0.15, -0.1) is 11.3 Å². The molecule has 0 saturated heterocycles. The van der Waals surface area contributed by atoms with E-state index in [1.54, 1.807) is 35.6 Å². The van der Waals surface area contributed by atoms with Crippen LogP contribution < -0.4 is 14.8 Å². The Morgan fingerprint density at radius 2 is 2.12 bits per heavy atom. The summed E-state index contributed by atoms with van der Waals surface area (Å²) >= 11 is 1.55. The van der Waals surface area contributed by atoms with Gasteiger partial charge in [-0.05, 0) is 35.2 Å². The predicted octanol–water partition coefficient (Wildman–Crippen LogP) is 2.35. The van der Waals surface area contributed by atoms with Gasteiger partial charge >= 0.3 is 5.97 Å². The molecule has 7 heteroatoms. The summed E-state index contributed by atoms with van der Waals surface area (Å²) in [5.41, 5.74) is 0.776. The van der Waals surface area contributed by atoms with E-state index >= 15 is 0 Å². The van der Waals surface area contributed by atoms with Crippen LogP contribution in [0.25, 0.3) is 6.08 Å². The predicted molar refractivity (Wildman–Crippen MR) is 88.7 cm³/mol. The molecule has 2 aromatic rings. The minimum absolute atomic E-state index is 0.200. The lowest BCUT2D eigenvalue weighted by Crippen LogP contribution is -2.27. The van der Waals surface area contributed by atoms with E-state index in [1.807, 2.05) is 17.5 Å². The molecule has 0 unspecified atom stereocenters. The van der Waals surface area contributed by atoms with E-state index in [-0.39, 0.29) is 19.3 Å². The maximum atomic E-state index is 11.6. The molecule has 1 amide bonds. The van der Waals surface area contributed by atoms with Crippen LogP contribution in [0.5, 0.6) is 11.5 Å². The first-order chi connectivity index (χ1) is 11.7. The maximum absolute atomic E-state index is 11.6. The number of rotatable bonds is 6. The van der Waals surface area contributed by atoms with Crippen LogP contribution in [0.4, 0.5) is 0 Å². The van der Waals surface area contributed by atoms with Crippen molar-refractivity contribution in [3.05, 3.63) is 52.2 Å². The minimum Gasteiger partial charge on any atom is -0.454 e. The summed E-state index contributed by atoms with van der Waals surface area (Å²) in [5, 5.41) is 4.62. The Balaban J connectivity index is 1.42. The highest BCUT2D eigenvalue weighted by Crippen LogP contribution is 2.32. The molecular weight excluding hydrogens is 330 g/mol. The van der Waals surface area contributed by atoms with Crippen LogP contribution in [0.2, 0.25) is 0 Å². The van der Waals surface area contributed by atoms with Crippen molar-refractivity contribution in [2.45, 2.75) is 6.54 Å². The number of carbonyl (C=O) groups excluding carboxylic acids is 2. The van der Waals surface area contributed by atoms with Gasteiger partial charge in [0.1, 0.15) is 0 Å². The third-order valence-corrected chi connectivity index (χ3v) is 4.07. The van der Waals surface area contributed by atoms with Crippen LogP contribution in [0.1, 0.15) is 10.4 Å². The van der Waals surface area contributed by atoms with Crippen LogP contribution in [0, 0.1) is 0 Å². The number of hydrogen-bond donors (Lipinski definition) is 1. The minimum atomic E-state index is -0.584. The van der Waals surface area contributed by atoms with E-state index in [4.69, 9.17) is 14.2 Å². The highest BCUT2D eigenvalue weighted by molar-refractivity contribution is 7.09. The van der Waals surface area contributed by atoms with Crippen molar-refractivity contribution in [2.75, 3.05) is 13.4 Å². The van der Waals surface area contributed by atoms with Gasteiger partial charge in [-0.2, -0.15) is 0 Å². The first-order valence-electron chi connectivity index (χ1n) is 7.24. The molecular formula is C17H15NO5S. The normalized spacial score (nSPS) is 12.3. The van der Waals surface area contributed by atoms with E-state index in [1.165, 1.54) is 6.08 Å². The van der Waals surface area contributed by atoms with E-state index in [0.717, 1.165) is 10.4 Å². The Labute approximate surface area is 142 Å². The number of hydrogen-bond acceptors (Lipinski definition) is 6. The van der Waals surface area contributed by atoms with Crippen molar-refractivity contribution < 1.29 is 23.8 Å². The van der Waals surface area contributed by atoms with Gasteiger partial charge in [0.2, 0.25) is 6.79 Å². The van der Waals surface area contributed by atoms with Crippen LogP contribution in [0.3, 0.4) is 0 Å². The lowest BCUT2D eigenvalue weighted by atomic mass is 10.2. The van der Waals surface area contributed by atoms with E-state index in [0.29, 0.717) is 18.0 Å². The van der Waals surface area contributed by atoms with Gasteiger partial charge in [0.25, 0.3) is 5.91 Å². The van der Waals surface area contributed by atoms with E-state index in [2.05, 4.69) is 5.32 Å². The smallest absolute Gasteiger partial charge is 0.331 e. The highest BCUT2D eigenvalue weighted by atomic mass is 32.1. The summed E-state index contributed by atoms with van der Waals surface area (Å²) < 4.78 is 15.4. The standard InChI is InChI=1S/C17H15NO5S/c19-16(18-9-13-2-1-7-24-13)10-21-17(20)6-4-12-3-5-14-15(8-12)23-11-22-14/h1-8H,9-11H2,(H,18,19)/b6-4-. The van der Waals surface area contributed by atoms with Crippen molar-refractivity contribution >= 4 is 29.3 Å². The lowest BCUT2D eigenvalue weighted by molar-refractivity contribution is -0.143. The van der Waals surface area contributed by atoms with Gasteiger partial charge in [-0.25, -0.2) is 4.79 Å². The van der Waals surface area contributed by atoms with E-state index < -0.39 is 5.97 Å². The van der Waals surface area contributed by atoms with Crippen molar-refractivity contribution in [3.8, 4) is 11.5 Å². The number of amides is 1. The zero-order valence-corrected chi connectivity index (χ0v) is 13.5. The summed E-state index contributed by atoms with van der Waals surface area (Å²) in [6.07, 6.45) is 2.86. The van der Waals surface area contributed by atoms with E-state index in [9.17, 15) is 9.59 Å². The monoisotopic (exact) mass is 345 g/mol. The average molecular weight is 345 g/mol. The lowest BCUT2D eigenvalue weighted by Gasteiger charge is -2.04. The molecule has 1 aliphatic heterocycles. The molecule has 2 heterocycles. The topological polar surface area (TPSA) is 73.9 Å².